The Kier molecular flexibility index (Phi) is 4.68. The molecule has 0 amide bonds. The minimum Gasteiger partial charge on any atom is -0.481 e. The molecule has 0 spiro atoms. The molecule has 2 N–H and O–H groups in total. The summed E-state index contributed by atoms with van der Waals surface area (Å²) in [5.74, 6) is 0.101. The maximum absolute atomic E-state index is 11.7. The molecule has 2 unspecified atom stereocenters. The standard InChI is InChI=1S/C12H19N3O3S/c1-8-4-2-3-5-9(8)6-15-11(18)13-14-12(15)19-7-10(16)17/h8-9H,2-7H2,1H3,(H,13,18)(H,16,17). The second-order valence-electron chi connectivity index (χ2n) is 5.13. The first-order valence-corrected chi connectivity index (χ1v) is 7.56. The smallest absolute Gasteiger partial charge is 0.343 e. The SMILES string of the molecule is CC1CCCCC1Cn1c(SCC(=O)O)n[nH]c1=O. The molecule has 1 saturated carbocycles. The quantitative estimate of drug-likeness (QED) is 0.802. The number of nitrogens with zero attached hydrogens (tertiary/aromatic N) is 2. The molecule has 2 rings (SSSR count). The number of carbonyl (C=O) groups is 1. The first-order valence-electron chi connectivity index (χ1n) is 6.57. The number of carboxylic acids is 1. The molecule has 1 aliphatic rings. The van der Waals surface area contributed by atoms with Gasteiger partial charge in [0.2, 0.25) is 0 Å². The second kappa shape index (κ2) is 6.27. The van der Waals surface area contributed by atoms with E-state index in [-0.39, 0.29) is 11.4 Å². The molecule has 7 heteroatoms. The lowest BCUT2D eigenvalue weighted by Gasteiger charge is -2.28. The van der Waals surface area contributed by atoms with Crippen molar-refractivity contribution in [2.75, 3.05) is 5.75 Å². The Morgan fingerprint density at radius 2 is 2.26 bits per heavy atom. The molecule has 6 nitrogen and oxygen atoms in total. The van der Waals surface area contributed by atoms with Gasteiger partial charge in [0, 0.05) is 6.54 Å². The van der Waals surface area contributed by atoms with Crippen LogP contribution in [0.15, 0.2) is 9.95 Å². The predicted octanol–water partition coefficient (Wildman–Crippen LogP) is 1.57. The van der Waals surface area contributed by atoms with Gasteiger partial charge in [-0.2, -0.15) is 0 Å². The van der Waals surface area contributed by atoms with Gasteiger partial charge >= 0.3 is 11.7 Å². The van der Waals surface area contributed by atoms with Crippen LogP contribution in [0, 0.1) is 11.8 Å². The van der Waals surface area contributed by atoms with Gasteiger partial charge in [-0.05, 0) is 18.3 Å². The zero-order valence-corrected chi connectivity index (χ0v) is 11.8. The molecule has 1 heterocycles. The molecule has 19 heavy (non-hydrogen) atoms. The number of carboxylic acid groups (broad SMARTS) is 1. The van der Waals surface area contributed by atoms with Crippen LogP contribution < -0.4 is 5.69 Å². The zero-order chi connectivity index (χ0) is 13.8. The summed E-state index contributed by atoms with van der Waals surface area (Å²) in [5, 5.41) is 15.5. The van der Waals surface area contributed by atoms with E-state index in [0.29, 0.717) is 23.5 Å². The van der Waals surface area contributed by atoms with Gasteiger partial charge in [-0.3, -0.25) is 9.36 Å². The highest BCUT2D eigenvalue weighted by Crippen LogP contribution is 2.31. The van der Waals surface area contributed by atoms with Crippen LogP contribution in [-0.4, -0.2) is 31.6 Å². The van der Waals surface area contributed by atoms with Crippen LogP contribution in [0.4, 0.5) is 0 Å². The normalized spacial score (nSPS) is 23.4. The van der Waals surface area contributed by atoms with Gasteiger partial charge in [-0.15, -0.1) is 5.10 Å². The third-order valence-electron chi connectivity index (χ3n) is 3.75. The number of aliphatic carboxylic acids is 1. The van der Waals surface area contributed by atoms with Gasteiger partial charge in [0.15, 0.2) is 5.16 Å². The molecule has 0 saturated heterocycles. The van der Waals surface area contributed by atoms with Crippen LogP contribution in [-0.2, 0) is 11.3 Å². The molecule has 1 aromatic rings. The number of H-pyrrole nitrogens is 1. The van der Waals surface area contributed by atoms with Crippen LogP contribution >= 0.6 is 11.8 Å². The minimum atomic E-state index is -0.905. The molecule has 0 aliphatic heterocycles. The summed E-state index contributed by atoms with van der Waals surface area (Å²) >= 11 is 1.09. The van der Waals surface area contributed by atoms with E-state index in [1.54, 1.807) is 4.57 Å². The summed E-state index contributed by atoms with van der Waals surface area (Å²) in [5.41, 5.74) is -0.245. The molecular formula is C12H19N3O3S. The van der Waals surface area contributed by atoms with E-state index in [1.807, 2.05) is 0 Å². The Labute approximate surface area is 115 Å². The summed E-state index contributed by atoms with van der Waals surface area (Å²) < 4.78 is 1.58. The fourth-order valence-corrected chi connectivity index (χ4v) is 3.28. The summed E-state index contributed by atoms with van der Waals surface area (Å²) in [6.45, 7) is 2.86. The van der Waals surface area contributed by atoms with Crippen molar-refractivity contribution in [1.29, 1.82) is 0 Å². The van der Waals surface area contributed by atoms with Gasteiger partial charge in [0.1, 0.15) is 0 Å². The van der Waals surface area contributed by atoms with Crippen molar-refractivity contribution in [2.24, 2.45) is 11.8 Å². The summed E-state index contributed by atoms with van der Waals surface area (Å²) in [6.07, 6.45) is 4.80. The molecule has 1 fully saturated rings. The Balaban J connectivity index is 2.08. The number of thioether (sulfide) groups is 1. The number of hydrogen-bond acceptors (Lipinski definition) is 4. The van der Waals surface area contributed by atoms with Crippen LogP contribution in [0.5, 0.6) is 0 Å². The summed E-state index contributed by atoms with van der Waals surface area (Å²) in [6, 6.07) is 0. The van der Waals surface area contributed by atoms with Crippen molar-refractivity contribution in [3.05, 3.63) is 10.5 Å². The largest absolute Gasteiger partial charge is 0.481 e. The first-order chi connectivity index (χ1) is 9.08. The summed E-state index contributed by atoms with van der Waals surface area (Å²) in [7, 11) is 0. The van der Waals surface area contributed by atoms with Crippen molar-refractivity contribution < 1.29 is 9.90 Å². The molecule has 0 aromatic carbocycles. The van der Waals surface area contributed by atoms with E-state index in [1.165, 1.54) is 19.3 Å². The number of rotatable bonds is 5. The van der Waals surface area contributed by atoms with Gasteiger partial charge in [-0.1, -0.05) is 37.9 Å². The van der Waals surface area contributed by atoms with Crippen LogP contribution in [0.3, 0.4) is 0 Å². The third-order valence-corrected chi connectivity index (χ3v) is 4.72. The molecule has 106 valence electrons. The Morgan fingerprint density at radius 1 is 1.53 bits per heavy atom. The lowest BCUT2D eigenvalue weighted by atomic mass is 9.80. The van der Waals surface area contributed by atoms with E-state index in [0.717, 1.165) is 18.2 Å². The van der Waals surface area contributed by atoms with Gasteiger partial charge in [0.25, 0.3) is 0 Å². The maximum Gasteiger partial charge on any atom is 0.343 e. The number of hydrogen-bond donors (Lipinski definition) is 2. The monoisotopic (exact) mass is 285 g/mol. The lowest BCUT2D eigenvalue weighted by molar-refractivity contribution is -0.133. The van der Waals surface area contributed by atoms with Crippen molar-refractivity contribution in [3.8, 4) is 0 Å². The number of aromatic nitrogens is 3. The van der Waals surface area contributed by atoms with Gasteiger partial charge < -0.3 is 5.11 Å². The van der Waals surface area contributed by atoms with Crippen molar-refractivity contribution in [3.63, 3.8) is 0 Å². The van der Waals surface area contributed by atoms with E-state index >= 15 is 0 Å². The van der Waals surface area contributed by atoms with Crippen LogP contribution in [0.25, 0.3) is 0 Å². The highest BCUT2D eigenvalue weighted by atomic mass is 32.2. The zero-order valence-electron chi connectivity index (χ0n) is 11.0. The Bertz CT molecular complexity index is 497. The molecular weight excluding hydrogens is 266 g/mol. The topological polar surface area (TPSA) is 88.0 Å². The highest BCUT2D eigenvalue weighted by Gasteiger charge is 2.23. The molecule has 1 aliphatic carbocycles. The average Bonchev–Trinajstić information content (AvgIpc) is 2.71. The van der Waals surface area contributed by atoms with Gasteiger partial charge in [0.05, 0.1) is 5.75 Å². The molecule has 0 bridgehead atoms. The van der Waals surface area contributed by atoms with E-state index < -0.39 is 5.97 Å². The third kappa shape index (κ3) is 3.62. The van der Waals surface area contributed by atoms with E-state index in [2.05, 4.69) is 17.1 Å². The van der Waals surface area contributed by atoms with Crippen molar-refractivity contribution in [1.82, 2.24) is 14.8 Å². The Hall–Kier alpha value is -1.24. The fourth-order valence-electron chi connectivity index (χ4n) is 2.60. The van der Waals surface area contributed by atoms with E-state index in [4.69, 9.17) is 5.11 Å². The average molecular weight is 285 g/mol. The fraction of sp³-hybridized carbons (Fsp3) is 0.750. The highest BCUT2D eigenvalue weighted by molar-refractivity contribution is 7.99. The lowest BCUT2D eigenvalue weighted by Crippen LogP contribution is -2.27. The maximum atomic E-state index is 11.7. The second-order valence-corrected chi connectivity index (χ2v) is 6.07. The van der Waals surface area contributed by atoms with Crippen molar-refractivity contribution >= 4 is 17.7 Å². The first kappa shape index (κ1) is 14.2. The van der Waals surface area contributed by atoms with E-state index in [9.17, 15) is 9.59 Å². The predicted molar refractivity (Wildman–Crippen MR) is 72.3 cm³/mol. The molecule has 0 radical (unpaired) electrons. The Morgan fingerprint density at radius 3 is 2.95 bits per heavy atom. The number of nitrogens with one attached hydrogen (secondary N) is 1. The summed E-state index contributed by atoms with van der Waals surface area (Å²) in [4.78, 5) is 22.3. The molecule has 1 aromatic heterocycles. The molecule has 2 atom stereocenters. The van der Waals surface area contributed by atoms with Crippen molar-refractivity contribution in [2.45, 2.75) is 44.3 Å². The van der Waals surface area contributed by atoms with Crippen LogP contribution in [0.2, 0.25) is 0 Å². The van der Waals surface area contributed by atoms with Gasteiger partial charge in [-0.25, -0.2) is 9.89 Å². The van der Waals surface area contributed by atoms with Crippen LogP contribution in [0.1, 0.15) is 32.6 Å². The number of aromatic amines is 1. The minimum absolute atomic E-state index is 0.0789.